The maximum absolute atomic E-state index is 13.9. The van der Waals surface area contributed by atoms with Gasteiger partial charge in [-0.2, -0.15) is 5.10 Å². The van der Waals surface area contributed by atoms with Gasteiger partial charge in [0.05, 0.1) is 31.7 Å². The summed E-state index contributed by atoms with van der Waals surface area (Å²) >= 11 is 0. The third kappa shape index (κ3) is 3.59. The van der Waals surface area contributed by atoms with Crippen LogP contribution < -0.4 is 14.4 Å². The second-order valence-electron chi connectivity index (χ2n) is 7.29. The lowest BCUT2D eigenvalue weighted by molar-refractivity contribution is 0.0736. The number of nitrogens with zero attached hydrogens (tertiary/aromatic N) is 6. The number of anilines is 1. The van der Waals surface area contributed by atoms with Crippen molar-refractivity contribution in [3.05, 3.63) is 72.2 Å². The van der Waals surface area contributed by atoms with Gasteiger partial charge >= 0.3 is 5.97 Å². The third-order valence-corrected chi connectivity index (χ3v) is 5.36. The van der Waals surface area contributed by atoms with Crippen LogP contribution in [0.5, 0.6) is 11.6 Å². The van der Waals surface area contributed by atoms with Gasteiger partial charge in [0.15, 0.2) is 5.65 Å². The van der Waals surface area contributed by atoms with E-state index in [-0.39, 0.29) is 11.6 Å². The number of rotatable bonds is 5. The number of aromatic nitrogens is 5. The summed E-state index contributed by atoms with van der Waals surface area (Å²) in [6.07, 6.45) is 9.03. The average Bonchev–Trinajstić information content (AvgIpc) is 3.46. The first-order valence-corrected chi connectivity index (χ1v) is 10.1. The molecule has 0 aliphatic carbocycles. The minimum atomic E-state index is -0.577. The van der Waals surface area contributed by atoms with Crippen LogP contribution in [0, 0.1) is 5.82 Å². The van der Waals surface area contributed by atoms with Crippen molar-refractivity contribution >= 4 is 17.4 Å². The molecule has 1 unspecified atom stereocenters. The molecule has 4 aromatic heterocycles. The summed E-state index contributed by atoms with van der Waals surface area (Å²) in [4.78, 5) is 27.5. The predicted octanol–water partition coefficient (Wildman–Crippen LogP) is 3.23. The van der Waals surface area contributed by atoms with Crippen molar-refractivity contribution in [3.8, 4) is 11.6 Å². The van der Waals surface area contributed by atoms with E-state index < -0.39 is 11.8 Å². The van der Waals surface area contributed by atoms with Gasteiger partial charge in [-0.15, -0.1) is 0 Å². The lowest BCUT2D eigenvalue weighted by Crippen LogP contribution is -2.24. The molecule has 1 saturated heterocycles. The van der Waals surface area contributed by atoms with Gasteiger partial charge in [0, 0.05) is 24.5 Å². The van der Waals surface area contributed by atoms with Crippen molar-refractivity contribution in [1.29, 1.82) is 0 Å². The number of esters is 1. The fourth-order valence-electron chi connectivity index (χ4n) is 3.95. The Morgan fingerprint density at radius 1 is 1.25 bits per heavy atom. The van der Waals surface area contributed by atoms with Crippen LogP contribution in [0.15, 0.2) is 55.2 Å². The van der Waals surface area contributed by atoms with Crippen molar-refractivity contribution < 1.29 is 18.7 Å². The Kier molecular flexibility index (Phi) is 5.10. The summed E-state index contributed by atoms with van der Waals surface area (Å²) in [6.45, 7) is 0.719. The topological polar surface area (TPSA) is 94.7 Å². The zero-order valence-corrected chi connectivity index (χ0v) is 17.2. The molecule has 0 radical (unpaired) electrons. The number of hydrogen-bond donors (Lipinski definition) is 0. The first kappa shape index (κ1) is 19.9. The van der Waals surface area contributed by atoms with Gasteiger partial charge in [0.2, 0.25) is 5.88 Å². The van der Waals surface area contributed by atoms with E-state index in [2.05, 4.69) is 25.0 Å². The van der Waals surface area contributed by atoms with Crippen molar-refractivity contribution in [2.45, 2.75) is 18.9 Å². The van der Waals surface area contributed by atoms with Crippen molar-refractivity contribution in [2.75, 3.05) is 18.6 Å². The number of pyridine rings is 2. The van der Waals surface area contributed by atoms with E-state index in [9.17, 15) is 9.18 Å². The van der Waals surface area contributed by atoms with Crippen molar-refractivity contribution in [3.63, 3.8) is 0 Å². The number of ether oxygens (including phenoxy) is 2. The molecule has 0 N–H and O–H groups in total. The largest absolute Gasteiger partial charge is 0.481 e. The number of carbonyl (C=O) groups excluding carboxylic acids is 1. The van der Waals surface area contributed by atoms with E-state index in [0.29, 0.717) is 28.7 Å². The Balaban J connectivity index is 1.49. The molecule has 1 fully saturated rings. The molecule has 1 atom stereocenters. The van der Waals surface area contributed by atoms with Gasteiger partial charge in [-0.3, -0.25) is 4.98 Å². The summed E-state index contributed by atoms with van der Waals surface area (Å²) in [5, 5.41) is 4.20. The Labute approximate surface area is 182 Å². The molecule has 0 saturated carbocycles. The third-order valence-electron chi connectivity index (χ3n) is 5.36. The Morgan fingerprint density at radius 2 is 2.16 bits per heavy atom. The number of carbonyl (C=O) groups is 1. The minimum Gasteiger partial charge on any atom is -0.481 e. The summed E-state index contributed by atoms with van der Waals surface area (Å²) in [5.41, 5.74) is 1.26. The first-order valence-electron chi connectivity index (χ1n) is 10.1. The van der Waals surface area contributed by atoms with E-state index in [1.165, 1.54) is 30.1 Å². The molecule has 4 aromatic rings. The van der Waals surface area contributed by atoms with Gasteiger partial charge in [0.1, 0.15) is 22.9 Å². The van der Waals surface area contributed by atoms with Gasteiger partial charge in [0.25, 0.3) is 0 Å². The number of methoxy groups -OCH3 is 1. The Hall–Kier alpha value is -4.08. The second kappa shape index (κ2) is 8.22. The summed E-state index contributed by atoms with van der Waals surface area (Å²) in [7, 11) is 1.51. The first-order chi connectivity index (χ1) is 15.6. The fraction of sp³-hybridized carbons (Fsp3) is 0.227. The highest BCUT2D eigenvalue weighted by molar-refractivity contribution is 5.97. The standard InChI is InChI=1S/C22H19FN6O3/c1-31-21-16(10-14(23)11-25-21)18-5-3-8-28(18)19-6-9-29-20(27-19)17(13-26-29)22(30)32-15-4-2-7-24-12-15/h2,4,6-7,9-13,18H,3,5,8H2,1H3. The quantitative estimate of drug-likeness (QED) is 0.442. The van der Waals surface area contributed by atoms with E-state index in [4.69, 9.17) is 9.47 Å². The molecule has 0 bridgehead atoms. The molecule has 0 aromatic carbocycles. The molecule has 162 valence electrons. The van der Waals surface area contributed by atoms with Crippen LogP contribution in [0.25, 0.3) is 5.65 Å². The molecule has 10 heteroatoms. The lowest BCUT2D eigenvalue weighted by Gasteiger charge is -2.26. The maximum atomic E-state index is 13.9. The summed E-state index contributed by atoms with van der Waals surface area (Å²) in [5.74, 6) is 0.355. The molecular weight excluding hydrogens is 415 g/mol. The lowest BCUT2D eigenvalue weighted by atomic mass is 10.1. The smallest absolute Gasteiger partial charge is 0.349 e. The van der Waals surface area contributed by atoms with E-state index in [1.807, 2.05) is 6.07 Å². The van der Waals surface area contributed by atoms with Crippen LogP contribution in [0.2, 0.25) is 0 Å². The normalized spacial score (nSPS) is 15.8. The zero-order valence-electron chi connectivity index (χ0n) is 17.2. The number of hydrogen-bond acceptors (Lipinski definition) is 8. The van der Waals surface area contributed by atoms with Gasteiger partial charge in [-0.1, -0.05) is 0 Å². The zero-order chi connectivity index (χ0) is 22.1. The molecule has 0 amide bonds. The van der Waals surface area contributed by atoms with Gasteiger partial charge in [-0.05, 0) is 37.1 Å². The average molecular weight is 434 g/mol. The number of fused-ring (bicyclic) bond motifs is 1. The van der Waals surface area contributed by atoms with Gasteiger partial charge in [-0.25, -0.2) is 23.7 Å². The van der Waals surface area contributed by atoms with E-state index in [0.717, 1.165) is 25.6 Å². The van der Waals surface area contributed by atoms with E-state index >= 15 is 0 Å². The minimum absolute atomic E-state index is 0.156. The van der Waals surface area contributed by atoms with Crippen LogP contribution in [-0.4, -0.2) is 44.2 Å². The predicted molar refractivity (Wildman–Crippen MR) is 112 cm³/mol. The van der Waals surface area contributed by atoms with E-state index in [1.54, 1.807) is 24.5 Å². The van der Waals surface area contributed by atoms with Gasteiger partial charge < -0.3 is 14.4 Å². The Morgan fingerprint density at radius 3 is 2.97 bits per heavy atom. The molecule has 0 spiro atoms. The molecule has 5 heterocycles. The molecule has 1 aliphatic heterocycles. The summed E-state index contributed by atoms with van der Waals surface area (Å²) in [6, 6.07) is 6.43. The van der Waals surface area contributed by atoms with Crippen LogP contribution in [-0.2, 0) is 0 Å². The highest BCUT2D eigenvalue weighted by Crippen LogP contribution is 2.38. The van der Waals surface area contributed by atoms with Crippen LogP contribution in [0.1, 0.15) is 34.8 Å². The SMILES string of the molecule is COc1ncc(F)cc1C1CCCN1c1ccn2ncc(C(=O)Oc3cccnc3)c2n1. The fourth-order valence-corrected chi connectivity index (χ4v) is 3.95. The van der Waals surface area contributed by atoms with Crippen LogP contribution >= 0.6 is 0 Å². The number of halogens is 1. The monoisotopic (exact) mass is 434 g/mol. The summed E-state index contributed by atoms with van der Waals surface area (Å²) < 4.78 is 26.2. The molecule has 32 heavy (non-hydrogen) atoms. The Bertz CT molecular complexity index is 1280. The molecular formula is C22H19FN6O3. The highest BCUT2D eigenvalue weighted by atomic mass is 19.1. The van der Waals surface area contributed by atoms with Crippen LogP contribution in [0.3, 0.4) is 0 Å². The van der Waals surface area contributed by atoms with Crippen LogP contribution in [0.4, 0.5) is 10.2 Å². The maximum Gasteiger partial charge on any atom is 0.349 e. The molecule has 1 aliphatic rings. The van der Waals surface area contributed by atoms with Crippen molar-refractivity contribution in [2.24, 2.45) is 0 Å². The molecule has 9 nitrogen and oxygen atoms in total. The van der Waals surface area contributed by atoms with Crippen molar-refractivity contribution in [1.82, 2.24) is 24.6 Å². The molecule has 5 rings (SSSR count). The highest BCUT2D eigenvalue weighted by Gasteiger charge is 2.31. The second-order valence-corrected chi connectivity index (χ2v) is 7.29.